The summed E-state index contributed by atoms with van der Waals surface area (Å²) in [6.07, 6.45) is 5.43. The molecule has 5 aliphatic rings. The highest BCUT2D eigenvalue weighted by Crippen LogP contribution is 2.48. The summed E-state index contributed by atoms with van der Waals surface area (Å²) in [5.74, 6) is -1.74. The van der Waals surface area contributed by atoms with Gasteiger partial charge in [-0.3, -0.25) is 35.1 Å². The molecule has 1 amide bonds. The van der Waals surface area contributed by atoms with Gasteiger partial charge in [0.15, 0.2) is 0 Å². The molecule has 6 heterocycles. The number of carbonyl (C=O) groups excluding carboxylic acids is 3. The summed E-state index contributed by atoms with van der Waals surface area (Å²) in [6, 6.07) is 11.4. The van der Waals surface area contributed by atoms with E-state index in [0.717, 1.165) is 60.6 Å². The Morgan fingerprint density at radius 2 is 1.58 bits per heavy atom. The molecule has 22 heteroatoms. The van der Waals surface area contributed by atoms with Gasteiger partial charge in [-0.1, -0.05) is 25.4 Å². The number of nitrogens with zero attached hydrogens (tertiary/aromatic N) is 8. The summed E-state index contributed by atoms with van der Waals surface area (Å²) in [6.45, 7) is 7.21. The van der Waals surface area contributed by atoms with Crippen LogP contribution in [-0.4, -0.2) is 96.7 Å². The third-order valence-corrected chi connectivity index (χ3v) is 14.4. The minimum atomic E-state index is -2.14. The van der Waals surface area contributed by atoms with Crippen molar-refractivity contribution in [3.05, 3.63) is 128 Å². The van der Waals surface area contributed by atoms with Crippen LogP contribution in [0.25, 0.3) is 33.4 Å². The second-order valence-electron chi connectivity index (χ2n) is 18.2. The highest BCUT2D eigenvalue weighted by molar-refractivity contribution is 6.26. The number of aromatic nitrogens is 2. The van der Waals surface area contributed by atoms with Gasteiger partial charge in [-0.2, -0.15) is 0 Å². The molecule has 0 saturated carbocycles. The van der Waals surface area contributed by atoms with Crippen LogP contribution in [0.15, 0.2) is 58.5 Å². The molecule has 0 spiro atoms. The fourth-order valence-corrected chi connectivity index (χ4v) is 10.9. The van der Waals surface area contributed by atoms with E-state index in [1.165, 1.54) is 36.8 Å². The lowest BCUT2D eigenvalue weighted by molar-refractivity contribution is -0.393. The minimum Gasteiger partial charge on any atom is -0.457 e. The molecule has 0 N–H and O–H groups in total. The number of esters is 2. The van der Waals surface area contributed by atoms with Crippen molar-refractivity contribution in [2.45, 2.75) is 90.5 Å². The average Bonchev–Trinajstić information content (AvgIpc) is 3.89. The molecular formula is C49H46N8O14. The number of cyclic esters (lactones) is 1. The predicted molar refractivity (Wildman–Crippen MR) is 252 cm³/mol. The Labute approximate surface area is 403 Å². The van der Waals surface area contributed by atoms with Gasteiger partial charge in [-0.25, -0.2) is 19.4 Å². The number of aryl methyl sites for hydroxylation is 2. The molecule has 0 unspecified atom stereocenters. The Morgan fingerprint density at radius 1 is 0.873 bits per heavy atom. The molecule has 0 bridgehead atoms. The summed E-state index contributed by atoms with van der Waals surface area (Å²) >= 11 is 0. The molecule has 71 heavy (non-hydrogen) atoms. The summed E-state index contributed by atoms with van der Waals surface area (Å²) in [5.41, 5.74) is -1.25. The van der Waals surface area contributed by atoms with Crippen molar-refractivity contribution in [1.29, 1.82) is 0 Å². The van der Waals surface area contributed by atoms with Gasteiger partial charge in [-0.05, 0) is 93.9 Å². The Bertz CT molecular complexity index is 3260. The molecule has 1 atom stereocenters. The molecule has 3 aromatic carbocycles. The summed E-state index contributed by atoms with van der Waals surface area (Å²) < 4.78 is 18.8. The van der Waals surface area contributed by atoms with Crippen molar-refractivity contribution < 1.29 is 48.2 Å². The van der Waals surface area contributed by atoms with Gasteiger partial charge >= 0.3 is 18.0 Å². The van der Waals surface area contributed by atoms with Crippen LogP contribution >= 0.6 is 0 Å². The van der Waals surface area contributed by atoms with E-state index in [4.69, 9.17) is 24.0 Å². The molecule has 10 rings (SSSR count). The fraction of sp³-hybridized carbons (Fsp3) is 0.388. The zero-order chi connectivity index (χ0) is 50.0. The maximum absolute atomic E-state index is 14.4. The molecule has 2 saturated heterocycles. The van der Waals surface area contributed by atoms with Crippen LogP contribution in [0.3, 0.4) is 0 Å². The van der Waals surface area contributed by atoms with E-state index in [0.29, 0.717) is 48.2 Å². The van der Waals surface area contributed by atoms with Crippen LogP contribution in [0.4, 0.5) is 21.9 Å². The van der Waals surface area contributed by atoms with Gasteiger partial charge < -0.3 is 33.4 Å². The number of non-ortho nitro benzene ring substituents is 2. The Hall–Kier alpha value is -8.14. The number of benzene rings is 3. The number of hydrogen-bond donors (Lipinski definition) is 0. The largest absolute Gasteiger partial charge is 0.457 e. The van der Waals surface area contributed by atoms with Gasteiger partial charge in [0.1, 0.15) is 18.1 Å². The highest BCUT2D eigenvalue weighted by atomic mass is 16.7. The topological polar surface area (TPSA) is 271 Å². The van der Waals surface area contributed by atoms with E-state index in [9.17, 15) is 49.5 Å². The van der Waals surface area contributed by atoms with E-state index in [1.54, 1.807) is 36.1 Å². The van der Waals surface area contributed by atoms with Crippen LogP contribution in [0, 0.1) is 37.3 Å². The number of carbonyl (C=O) groups is 3. The number of nitro groups is 3. The first-order chi connectivity index (χ1) is 34.1. The summed E-state index contributed by atoms with van der Waals surface area (Å²) in [7, 11) is 0. The third-order valence-electron chi connectivity index (χ3n) is 14.4. The highest BCUT2D eigenvalue weighted by Gasteiger charge is 2.51. The number of amides is 1. The molecule has 366 valence electrons. The normalized spacial score (nSPS) is 18.8. The maximum Gasteiger partial charge on any atom is 0.415 e. The quantitative estimate of drug-likeness (QED) is 0.0708. The lowest BCUT2D eigenvalue weighted by atomic mass is 9.85. The number of pyridine rings is 2. The molecule has 5 aromatic rings. The third kappa shape index (κ3) is 7.87. The van der Waals surface area contributed by atoms with Crippen LogP contribution < -0.4 is 10.3 Å². The van der Waals surface area contributed by atoms with Crippen LogP contribution in [0.2, 0.25) is 0 Å². The molecule has 1 aliphatic carbocycles. The molecule has 2 aromatic heterocycles. The number of likely N-dealkylation sites (tertiary alicyclic amines) is 2. The Kier molecular flexibility index (Phi) is 11.8. The van der Waals surface area contributed by atoms with Crippen LogP contribution in [0.5, 0.6) is 5.75 Å². The zero-order valence-electron chi connectivity index (χ0n) is 38.9. The molecule has 4 aliphatic heterocycles. The van der Waals surface area contributed by atoms with E-state index in [-0.39, 0.29) is 57.6 Å². The van der Waals surface area contributed by atoms with Gasteiger partial charge in [0.05, 0.1) is 55.4 Å². The van der Waals surface area contributed by atoms with Crippen molar-refractivity contribution in [2.75, 3.05) is 32.8 Å². The zero-order valence-corrected chi connectivity index (χ0v) is 38.9. The van der Waals surface area contributed by atoms with Crippen molar-refractivity contribution >= 4 is 51.7 Å². The summed E-state index contributed by atoms with van der Waals surface area (Å²) in [4.78, 5) is 104. The van der Waals surface area contributed by atoms with E-state index in [1.807, 2.05) is 6.92 Å². The van der Waals surface area contributed by atoms with Gasteiger partial charge in [0.2, 0.25) is 12.2 Å². The Morgan fingerprint density at radius 3 is 2.25 bits per heavy atom. The second kappa shape index (κ2) is 18.0. The number of rotatable bonds is 11. The molecule has 0 radical (unpaired) electrons. The number of ether oxygens (including phenoxy) is 3. The van der Waals surface area contributed by atoms with Gasteiger partial charge in [0.25, 0.3) is 22.6 Å². The van der Waals surface area contributed by atoms with Crippen molar-refractivity contribution in [1.82, 2.24) is 19.4 Å². The number of oxime groups is 1. The fourth-order valence-electron chi connectivity index (χ4n) is 10.9. The Balaban J connectivity index is 0.923. The first-order valence-corrected chi connectivity index (χ1v) is 23.4. The molecule has 22 nitrogen and oxygen atoms in total. The van der Waals surface area contributed by atoms with Crippen molar-refractivity contribution in [3.8, 4) is 28.3 Å². The lowest BCUT2D eigenvalue weighted by Gasteiger charge is -2.39. The second-order valence-corrected chi connectivity index (χ2v) is 18.2. The summed E-state index contributed by atoms with van der Waals surface area (Å²) in [5, 5.41) is 40.7. The number of nitro benzene ring substituents is 3. The van der Waals surface area contributed by atoms with Gasteiger partial charge in [0, 0.05) is 70.5 Å². The number of hydrogen-bond acceptors (Lipinski definition) is 17. The molecule has 2 fully saturated rings. The van der Waals surface area contributed by atoms with Crippen molar-refractivity contribution in [3.63, 3.8) is 0 Å². The number of piperidine rings is 2. The monoisotopic (exact) mass is 970 g/mol. The van der Waals surface area contributed by atoms with Gasteiger partial charge in [-0.15, -0.1) is 0 Å². The number of fused-ring (bicyclic) bond motifs is 8. The van der Waals surface area contributed by atoms with E-state index >= 15 is 0 Å². The first kappa shape index (κ1) is 46.6. The smallest absolute Gasteiger partial charge is 0.415 e. The van der Waals surface area contributed by atoms with Crippen LogP contribution in [0.1, 0.15) is 91.3 Å². The SMILES string of the molecule is CCc1c2c(nc3ccc(OC(=O)N4CCC(N5CCCCC5)CC4)cc13)-c1cc3c(c(=O)n1C2)COC(=O)[C@@]3(CC)OC(=O)CO/N=C1\c2cc([N+](=O)[O-])cc(C)c2-c2c1cc([N+](=O)[O-])cc2[N+](=O)[O-]. The standard InChI is InChI=1S/C49H46N8O14/c1-4-31-32-21-30(70-48(61)53-15-11-27(12-16-53)52-13-7-6-8-14-52)9-10-38(32)50-45-35(31)23-54-40(45)22-37-36(46(54)59)24-68-47(60)49(37,5-2)71-41(58)25-69-51-44-33-18-28(55(62)63)17-26(3)42(33)43-34(44)19-29(56(64)65)20-39(43)57(66)67/h9-10,17-22,27H,4-8,11-16,23-25H2,1-3H3/b51-44+/t49-/m0/s1. The van der Waals surface area contributed by atoms with E-state index in [2.05, 4.69) is 10.1 Å². The first-order valence-electron chi connectivity index (χ1n) is 23.4. The maximum atomic E-state index is 14.4. The van der Waals surface area contributed by atoms with Crippen molar-refractivity contribution in [2.24, 2.45) is 5.16 Å². The van der Waals surface area contributed by atoms with E-state index < -0.39 is 74.2 Å². The minimum absolute atomic E-state index is 0.0153. The molecular weight excluding hydrogens is 925 g/mol. The van der Waals surface area contributed by atoms with Crippen LogP contribution in [-0.2, 0) is 49.1 Å². The lowest BCUT2D eigenvalue weighted by Crippen LogP contribution is -2.48. The predicted octanol–water partition coefficient (Wildman–Crippen LogP) is 7.12. The average molecular weight is 971 g/mol.